The molecule has 0 atom stereocenters. The van der Waals surface area contributed by atoms with Crippen LogP contribution in [0.5, 0.6) is 0 Å². The third kappa shape index (κ3) is 1.60. The van der Waals surface area contributed by atoms with Gasteiger partial charge in [0.25, 0.3) is 0 Å². The molecule has 12 heavy (non-hydrogen) atoms. The van der Waals surface area contributed by atoms with Gasteiger partial charge in [0.05, 0.1) is 0 Å². The van der Waals surface area contributed by atoms with Crippen LogP contribution in [0.4, 0.5) is 0 Å². The van der Waals surface area contributed by atoms with Gasteiger partial charge < -0.3 is 4.42 Å². The first-order valence-corrected chi connectivity index (χ1v) is 5.40. The summed E-state index contributed by atoms with van der Waals surface area (Å²) in [6, 6.07) is 3.67. The Labute approximate surface area is 89.1 Å². The lowest BCUT2D eigenvalue weighted by molar-refractivity contribution is 0.554. The molecule has 2 aromatic heterocycles. The topological polar surface area (TPSA) is 38.9 Å². The summed E-state index contributed by atoms with van der Waals surface area (Å²) in [6.07, 6.45) is 0. The first kappa shape index (κ1) is 8.40. The van der Waals surface area contributed by atoms with Crippen LogP contribution in [-0.4, -0.2) is 10.2 Å². The van der Waals surface area contributed by atoms with Gasteiger partial charge in [-0.05, 0) is 44.0 Å². The Morgan fingerprint density at radius 2 is 2.08 bits per heavy atom. The molecule has 0 spiro atoms. The molecule has 0 fully saturated rings. The average Bonchev–Trinajstić information content (AvgIpc) is 2.58. The third-order valence-electron chi connectivity index (χ3n) is 1.18. The van der Waals surface area contributed by atoms with Crippen LogP contribution in [-0.2, 0) is 0 Å². The highest BCUT2D eigenvalue weighted by atomic mass is 79.9. The number of aromatic nitrogens is 2. The van der Waals surface area contributed by atoms with Crippen LogP contribution in [0.25, 0.3) is 10.8 Å². The Bertz CT molecular complexity index is 359. The van der Waals surface area contributed by atoms with E-state index in [1.807, 2.05) is 12.1 Å². The maximum absolute atomic E-state index is 5.29. The molecule has 0 aromatic carbocycles. The van der Waals surface area contributed by atoms with Crippen molar-refractivity contribution in [3.8, 4) is 10.8 Å². The van der Waals surface area contributed by atoms with Gasteiger partial charge in [0, 0.05) is 0 Å². The van der Waals surface area contributed by atoms with Gasteiger partial charge in [-0.2, -0.15) is 0 Å². The number of hydrogen-bond donors (Lipinski definition) is 0. The van der Waals surface area contributed by atoms with E-state index in [0.717, 1.165) is 14.7 Å². The van der Waals surface area contributed by atoms with Crippen LogP contribution in [0.1, 0.15) is 0 Å². The number of rotatable bonds is 1. The zero-order chi connectivity index (χ0) is 8.55. The molecule has 0 saturated carbocycles. The molecule has 0 aliphatic heterocycles. The van der Waals surface area contributed by atoms with Crippen molar-refractivity contribution < 1.29 is 4.42 Å². The Kier molecular flexibility index (Phi) is 2.29. The second-order valence-corrected chi connectivity index (χ2v) is 5.00. The van der Waals surface area contributed by atoms with Gasteiger partial charge >= 0.3 is 0 Å². The minimum atomic E-state index is 0.698. The van der Waals surface area contributed by atoms with E-state index in [0.29, 0.717) is 4.67 Å². The Morgan fingerprint density at radius 1 is 1.25 bits per heavy atom. The largest absolute Gasteiger partial charge is 0.447 e. The van der Waals surface area contributed by atoms with Crippen LogP contribution in [0.2, 0.25) is 0 Å². The van der Waals surface area contributed by atoms with E-state index in [1.54, 1.807) is 0 Å². The Balaban J connectivity index is 2.43. The summed E-state index contributed by atoms with van der Waals surface area (Å²) in [5.74, 6) is 0.727. The zero-order valence-electron chi connectivity index (χ0n) is 5.62. The van der Waals surface area contributed by atoms with E-state index in [4.69, 9.17) is 4.42 Å². The fraction of sp³-hybridized carbons (Fsp3) is 0. The number of nitrogens with zero attached hydrogens (tertiary/aromatic N) is 2. The molecule has 6 heteroatoms. The van der Waals surface area contributed by atoms with Gasteiger partial charge in [0.2, 0.25) is 0 Å². The molecule has 0 aliphatic rings. The molecule has 0 bridgehead atoms. The smallest absolute Gasteiger partial charge is 0.184 e. The molecule has 2 rings (SSSR count). The first-order chi connectivity index (χ1) is 5.75. The van der Waals surface area contributed by atoms with Crippen LogP contribution in [0.15, 0.2) is 25.1 Å². The van der Waals surface area contributed by atoms with Crippen molar-refractivity contribution >= 4 is 43.2 Å². The highest BCUT2D eigenvalue weighted by Gasteiger charge is 2.08. The maximum atomic E-state index is 5.29. The third-order valence-corrected chi connectivity index (χ3v) is 2.98. The molecular weight excluding hydrogens is 308 g/mol. The van der Waals surface area contributed by atoms with E-state index < -0.39 is 0 Å². The van der Waals surface area contributed by atoms with Gasteiger partial charge in [0.1, 0.15) is 0 Å². The monoisotopic (exact) mass is 308 g/mol. The van der Waals surface area contributed by atoms with Gasteiger partial charge in [-0.15, -0.1) is 10.2 Å². The van der Waals surface area contributed by atoms with Gasteiger partial charge in [-0.25, -0.2) is 0 Å². The summed E-state index contributed by atoms with van der Waals surface area (Å²) in [5, 5.41) is 8.49. The van der Waals surface area contributed by atoms with E-state index in [1.165, 1.54) is 11.3 Å². The van der Waals surface area contributed by atoms with Crippen molar-refractivity contribution in [1.29, 1.82) is 0 Å². The molecule has 2 aromatic rings. The Hall–Kier alpha value is -0.200. The van der Waals surface area contributed by atoms with Crippen LogP contribution in [0, 0.1) is 0 Å². The average molecular weight is 310 g/mol. The van der Waals surface area contributed by atoms with Gasteiger partial charge in [-0.1, -0.05) is 11.3 Å². The molecule has 0 unspecified atom stereocenters. The van der Waals surface area contributed by atoms with Crippen molar-refractivity contribution in [2.24, 2.45) is 0 Å². The zero-order valence-corrected chi connectivity index (χ0v) is 9.61. The van der Waals surface area contributed by atoms with E-state index in [9.17, 15) is 0 Å². The molecule has 2 heterocycles. The fourth-order valence-electron chi connectivity index (χ4n) is 0.734. The van der Waals surface area contributed by atoms with E-state index in [2.05, 4.69) is 42.1 Å². The summed E-state index contributed by atoms with van der Waals surface area (Å²) >= 11 is 7.88. The Morgan fingerprint density at radius 3 is 2.58 bits per heavy atom. The van der Waals surface area contributed by atoms with Crippen molar-refractivity contribution in [1.82, 2.24) is 10.2 Å². The number of halogens is 2. The molecule has 0 aliphatic carbocycles. The summed E-state index contributed by atoms with van der Waals surface area (Å²) in [7, 11) is 0. The molecule has 0 radical (unpaired) electrons. The quantitative estimate of drug-likeness (QED) is 0.811. The summed E-state index contributed by atoms with van der Waals surface area (Å²) < 4.78 is 6.74. The van der Waals surface area contributed by atoms with E-state index >= 15 is 0 Å². The lowest BCUT2D eigenvalue weighted by Gasteiger charge is -1.83. The van der Waals surface area contributed by atoms with Crippen molar-refractivity contribution in [2.75, 3.05) is 0 Å². The fourth-order valence-corrected chi connectivity index (χ4v) is 2.11. The van der Waals surface area contributed by atoms with Crippen LogP contribution < -0.4 is 0 Å². The predicted molar refractivity (Wildman–Crippen MR) is 53.0 cm³/mol. The summed E-state index contributed by atoms with van der Waals surface area (Å²) in [6.45, 7) is 0. The van der Waals surface area contributed by atoms with E-state index in [-0.39, 0.29) is 0 Å². The number of furan rings is 1. The summed E-state index contributed by atoms with van der Waals surface area (Å²) in [4.78, 5) is 0. The van der Waals surface area contributed by atoms with Crippen molar-refractivity contribution in [3.05, 3.63) is 20.7 Å². The predicted octanol–water partition coefficient (Wildman–Crippen LogP) is 3.32. The lowest BCUT2D eigenvalue weighted by atomic mass is 10.5. The van der Waals surface area contributed by atoms with Crippen LogP contribution >= 0.6 is 43.2 Å². The van der Waals surface area contributed by atoms with Crippen LogP contribution in [0.3, 0.4) is 0 Å². The SMILES string of the molecule is Brc1ccc(-c2nnc(Br)s2)o1. The standard InChI is InChI=1S/C6H2Br2N2OS/c7-4-2-1-3(11-4)5-9-10-6(8)12-5/h1-2H. The first-order valence-electron chi connectivity index (χ1n) is 3.00. The molecule has 0 amide bonds. The molecule has 0 saturated heterocycles. The van der Waals surface area contributed by atoms with Gasteiger partial charge in [-0.3, -0.25) is 0 Å². The normalized spacial score (nSPS) is 10.5. The molecule has 0 N–H and O–H groups in total. The number of hydrogen-bond acceptors (Lipinski definition) is 4. The highest BCUT2D eigenvalue weighted by molar-refractivity contribution is 9.11. The maximum Gasteiger partial charge on any atom is 0.184 e. The molecule has 3 nitrogen and oxygen atoms in total. The van der Waals surface area contributed by atoms with Crippen molar-refractivity contribution in [2.45, 2.75) is 0 Å². The second kappa shape index (κ2) is 3.27. The summed E-state index contributed by atoms with van der Waals surface area (Å²) in [5.41, 5.74) is 0. The lowest BCUT2D eigenvalue weighted by Crippen LogP contribution is -1.70. The van der Waals surface area contributed by atoms with Gasteiger partial charge in [0.15, 0.2) is 19.4 Å². The molecule has 62 valence electrons. The minimum Gasteiger partial charge on any atom is -0.447 e. The minimum absolute atomic E-state index is 0.698. The molecular formula is C6H2Br2N2OS. The van der Waals surface area contributed by atoms with Crippen molar-refractivity contribution in [3.63, 3.8) is 0 Å². The highest BCUT2D eigenvalue weighted by Crippen LogP contribution is 2.29. The second-order valence-electron chi connectivity index (χ2n) is 1.96.